The van der Waals surface area contributed by atoms with Gasteiger partial charge in [-0.25, -0.2) is 0 Å². The van der Waals surface area contributed by atoms with Crippen molar-refractivity contribution in [3.8, 4) is 0 Å². The number of benzene rings is 2. The normalized spacial score (nSPS) is 20.3. The van der Waals surface area contributed by atoms with Gasteiger partial charge in [0.1, 0.15) is 10.9 Å². The van der Waals surface area contributed by atoms with Crippen LogP contribution in [-0.2, 0) is 21.4 Å². The lowest BCUT2D eigenvalue weighted by molar-refractivity contribution is -0.124. The monoisotopic (exact) mass is 403 g/mol. The fourth-order valence-electron chi connectivity index (χ4n) is 3.53. The molecular weight excluding hydrogens is 386 g/mol. The molecule has 0 unspecified atom stereocenters. The molecule has 2 heterocycles. The Bertz CT molecular complexity index is 1040. The molecule has 4 rings (SSSR count). The number of sulfonamides is 1. The summed E-state index contributed by atoms with van der Waals surface area (Å²) in [5.41, 5.74) is 1.39. The molecule has 2 aliphatic rings. The van der Waals surface area contributed by atoms with Crippen LogP contribution < -0.4 is 5.32 Å². The van der Waals surface area contributed by atoms with Crippen LogP contribution in [0.4, 0.5) is 0 Å². The topological polar surface area (TPSA) is 78.8 Å². The number of nitrogens with zero attached hydrogens (tertiary/aromatic N) is 2. The van der Waals surface area contributed by atoms with Crippen molar-refractivity contribution in [2.24, 2.45) is 4.40 Å². The van der Waals surface area contributed by atoms with Crippen molar-refractivity contribution >= 4 is 33.4 Å². The number of amides is 1. The lowest BCUT2D eigenvalue weighted by Crippen LogP contribution is -2.45. The molecule has 2 aromatic rings. The smallest absolute Gasteiger partial charge is 0.285 e. The number of halogens is 1. The van der Waals surface area contributed by atoms with Crippen LogP contribution in [0.15, 0.2) is 57.8 Å². The summed E-state index contributed by atoms with van der Waals surface area (Å²) in [5, 5.41) is 3.51. The van der Waals surface area contributed by atoms with E-state index in [-0.39, 0.29) is 10.8 Å². The predicted octanol–water partition coefficient (Wildman–Crippen LogP) is 2.57. The Hall–Kier alpha value is -2.38. The second kappa shape index (κ2) is 6.98. The molecule has 0 saturated carbocycles. The van der Waals surface area contributed by atoms with Crippen LogP contribution in [-0.4, -0.2) is 37.6 Å². The first-order chi connectivity index (χ1) is 13.0. The summed E-state index contributed by atoms with van der Waals surface area (Å²) in [4.78, 5) is 14.8. The van der Waals surface area contributed by atoms with Gasteiger partial charge < -0.3 is 10.2 Å². The van der Waals surface area contributed by atoms with Gasteiger partial charge in [-0.3, -0.25) is 4.79 Å². The van der Waals surface area contributed by atoms with Crippen LogP contribution in [0.3, 0.4) is 0 Å². The summed E-state index contributed by atoms with van der Waals surface area (Å²) in [6.07, 6.45) is 1.45. The molecule has 1 fully saturated rings. The Morgan fingerprint density at radius 3 is 2.74 bits per heavy atom. The van der Waals surface area contributed by atoms with Crippen LogP contribution in [0.5, 0.6) is 0 Å². The Morgan fingerprint density at radius 1 is 1.19 bits per heavy atom. The van der Waals surface area contributed by atoms with Crippen molar-refractivity contribution < 1.29 is 13.2 Å². The quantitative estimate of drug-likeness (QED) is 0.854. The van der Waals surface area contributed by atoms with Gasteiger partial charge in [-0.05, 0) is 36.6 Å². The summed E-state index contributed by atoms with van der Waals surface area (Å²) in [6, 6.07) is 13.6. The largest absolute Gasteiger partial charge is 0.350 e. The average Bonchev–Trinajstić information content (AvgIpc) is 3.24. The predicted molar refractivity (Wildman–Crippen MR) is 103 cm³/mol. The fraction of sp³-hybridized carbons (Fsp3) is 0.263. The number of carbonyl (C=O) groups is 1. The van der Waals surface area contributed by atoms with Gasteiger partial charge in [-0.1, -0.05) is 41.9 Å². The number of nitrogens with one attached hydrogen (secondary N) is 1. The molecule has 1 N–H and O–H groups in total. The van der Waals surface area contributed by atoms with Crippen LogP contribution >= 0.6 is 11.6 Å². The maximum absolute atomic E-state index is 12.8. The average molecular weight is 404 g/mol. The van der Waals surface area contributed by atoms with Gasteiger partial charge in [-0.15, -0.1) is 4.40 Å². The van der Waals surface area contributed by atoms with E-state index < -0.39 is 16.1 Å². The minimum absolute atomic E-state index is 0.156. The Labute approximate surface area is 162 Å². The van der Waals surface area contributed by atoms with E-state index in [2.05, 4.69) is 9.71 Å². The molecule has 8 heteroatoms. The maximum Gasteiger partial charge on any atom is 0.285 e. The highest BCUT2D eigenvalue weighted by Gasteiger charge is 2.39. The summed E-state index contributed by atoms with van der Waals surface area (Å²) in [5.74, 6) is 0.206. The van der Waals surface area contributed by atoms with E-state index in [1.807, 2.05) is 18.2 Å². The van der Waals surface area contributed by atoms with Crippen LogP contribution in [0.2, 0.25) is 5.02 Å². The van der Waals surface area contributed by atoms with Crippen LogP contribution in [0.25, 0.3) is 0 Å². The molecule has 1 saturated heterocycles. The zero-order valence-electron chi connectivity index (χ0n) is 14.4. The molecule has 1 atom stereocenters. The van der Waals surface area contributed by atoms with E-state index in [0.29, 0.717) is 35.9 Å². The molecule has 0 radical (unpaired) electrons. The molecule has 0 aliphatic carbocycles. The van der Waals surface area contributed by atoms with Gasteiger partial charge in [0, 0.05) is 23.7 Å². The molecule has 0 aromatic heterocycles. The molecule has 0 bridgehead atoms. The number of amidine groups is 1. The standard InChI is InChI=1S/C19H18ClN3O3S/c20-15-8-3-1-6-13(15)12-21-19(24)16-9-5-11-23(16)18-14-7-2-4-10-17(14)27(25,26)22-18/h1-4,6-8,10,16H,5,9,11-12H2,(H,21,24)/t16-/m0/s1. The first-order valence-electron chi connectivity index (χ1n) is 8.69. The van der Waals surface area contributed by atoms with E-state index in [1.54, 1.807) is 35.2 Å². The van der Waals surface area contributed by atoms with Gasteiger partial charge in [0.25, 0.3) is 10.0 Å². The Balaban J connectivity index is 1.55. The number of carbonyl (C=O) groups excluding carboxylic acids is 1. The molecule has 1 amide bonds. The molecule has 6 nitrogen and oxygen atoms in total. The van der Waals surface area contributed by atoms with Gasteiger partial charge in [0.05, 0.1) is 0 Å². The molecule has 2 aliphatic heterocycles. The van der Waals surface area contributed by atoms with Crippen molar-refractivity contribution in [3.63, 3.8) is 0 Å². The SMILES string of the molecule is O=C(NCc1ccccc1Cl)[C@@H]1CCCN1C1=NS(=O)(=O)c2ccccc21. The Kier molecular flexibility index (Phi) is 4.65. The van der Waals surface area contributed by atoms with Crippen molar-refractivity contribution in [2.75, 3.05) is 6.54 Å². The minimum Gasteiger partial charge on any atom is -0.350 e. The second-order valence-electron chi connectivity index (χ2n) is 6.55. The first-order valence-corrected chi connectivity index (χ1v) is 10.5. The second-order valence-corrected chi connectivity index (χ2v) is 8.53. The van der Waals surface area contributed by atoms with Gasteiger partial charge in [0.15, 0.2) is 5.84 Å². The third-order valence-corrected chi connectivity index (χ3v) is 6.54. The zero-order valence-corrected chi connectivity index (χ0v) is 16.0. The van der Waals surface area contributed by atoms with E-state index in [1.165, 1.54) is 0 Å². The van der Waals surface area contributed by atoms with E-state index in [4.69, 9.17) is 11.6 Å². The van der Waals surface area contributed by atoms with Gasteiger partial charge in [0.2, 0.25) is 5.91 Å². The Morgan fingerprint density at radius 2 is 1.93 bits per heavy atom. The first kappa shape index (κ1) is 18.0. The summed E-state index contributed by atoms with van der Waals surface area (Å²) >= 11 is 6.14. The molecule has 27 heavy (non-hydrogen) atoms. The number of fused-ring (bicyclic) bond motifs is 1. The number of rotatable bonds is 3. The van der Waals surface area contributed by atoms with Crippen molar-refractivity contribution in [1.82, 2.24) is 10.2 Å². The molecular formula is C19H18ClN3O3S. The highest BCUT2D eigenvalue weighted by molar-refractivity contribution is 7.90. The lowest BCUT2D eigenvalue weighted by Gasteiger charge is -2.25. The van der Waals surface area contributed by atoms with Crippen molar-refractivity contribution in [2.45, 2.75) is 30.3 Å². The highest BCUT2D eigenvalue weighted by atomic mass is 35.5. The number of hydrogen-bond donors (Lipinski definition) is 1. The maximum atomic E-state index is 12.8. The summed E-state index contributed by atoms with van der Waals surface area (Å²) in [6.45, 7) is 0.914. The number of hydrogen-bond acceptors (Lipinski definition) is 4. The van der Waals surface area contributed by atoms with Crippen LogP contribution in [0, 0.1) is 0 Å². The lowest BCUT2D eigenvalue weighted by atomic mass is 10.1. The van der Waals surface area contributed by atoms with E-state index in [9.17, 15) is 13.2 Å². The van der Waals surface area contributed by atoms with Crippen LogP contribution in [0.1, 0.15) is 24.0 Å². The third-order valence-electron chi connectivity index (χ3n) is 4.85. The van der Waals surface area contributed by atoms with Gasteiger partial charge >= 0.3 is 0 Å². The number of likely N-dealkylation sites (tertiary alicyclic amines) is 1. The minimum atomic E-state index is -3.71. The van der Waals surface area contributed by atoms with Crippen molar-refractivity contribution in [1.29, 1.82) is 0 Å². The van der Waals surface area contributed by atoms with E-state index in [0.717, 1.165) is 12.0 Å². The van der Waals surface area contributed by atoms with Crippen molar-refractivity contribution in [3.05, 3.63) is 64.7 Å². The van der Waals surface area contributed by atoms with Gasteiger partial charge in [-0.2, -0.15) is 8.42 Å². The summed E-state index contributed by atoms with van der Waals surface area (Å²) in [7, 11) is -3.71. The zero-order chi connectivity index (χ0) is 19.0. The highest BCUT2D eigenvalue weighted by Crippen LogP contribution is 2.31. The van der Waals surface area contributed by atoms with E-state index >= 15 is 0 Å². The molecule has 140 valence electrons. The molecule has 2 aromatic carbocycles. The fourth-order valence-corrected chi connectivity index (χ4v) is 4.95. The summed E-state index contributed by atoms with van der Waals surface area (Å²) < 4.78 is 28.6. The third kappa shape index (κ3) is 3.33. The molecule has 0 spiro atoms.